The van der Waals surface area contributed by atoms with Crippen molar-refractivity contribution >= 4 is 6.09 Å². The molecule has 0 aromatic rings. The molecule has 0 aromatic heterocycles. The fraction of sp³-hybridized carbons (Fsp3) is 0.950. The van der Waals surface area contributed by atoms with Gasteiger partial charge in [-0.3, -0.25) is 0 Å². The Morgan fingerprint density at radius 1 is 1.20 bits per heavy atom. The van der Waals surface area contributed by atoms with Gasteiger partial charge in [0.1, 0.15) is 5.60 Å². The standard InChI is InChI=1S/C20H38N2O3/c1-15(21-14-16-9-5-6-11-18(16)23)13-17-10-7-8-12-22(17)19(24)25-20(2,3)4/h15-18,21,23H,5-14H2,1-4H3. The summed E-state index contributed by atoms with van der Waals surface area (Å²) in [4.78, 5) is 14.4. The molecule has 4 atom stereocenters. The van der Waals surface area contributed by atoms with Crippen molar-refractivity contribution < 1.29 is 14.6 Å². The first kappa shape index (κ1) is 20.5. The van der Waals surface area contributed by atoms with Crippen LogP contribution >= 0.6 is 0 Å². The Kier molecular flexibility index (Phi) is 7.56. The molecule has 2 N–H and O–H groups in total. The predicted octanol–water partition coefficient (Wildman–Crippen LogP) is 3.70. The monoisotopic (exact) mass is 354 g/mol. The van der Waals surface area contributed by atoms with Crippen LogP contribution in [0.5, 0.6) is 0 Å². The van der Waals surface area contributed by atoms with E-state index < -0.39 is 5.60 Å². The van der Waals surface area contributed by atoms with Crippen molar-refractivity contribution in [1.82, 2.24) is 10.2 Å². The molecule has 1 saturated heterocycles. The third kappa shape index (κ3) is 6.78. The average Bonchev–Trinajstić information content (AvgIpc) is 2.53. The van der Waals surface area contributed by atoms with Crippen molar-refractivity contribution in [3.05, 3.63) is 0 Å². The number of ether oxygens (including phenoxy) is 1. The molecule has 2 rings (SSSR count). The quantitative estimate of drug-likeness (QED) is 0.790. The molecule has 0 radical (unpaired) electrons. The van der Waals surface area contributed by atoms with Crippen LogP contribution in [-0.2, 0) is 4.74 Å². The SMILES string of the molecule is CC(CC1CCCCN1C(=O)OC(C)(C)C)NCC1CCCCC1O. The van der Waals surface area contributed by atoms with E-state index in [0.717, 1.165) is 51.6 Å². The van der Waals surface area contributed by atoms with E-state index in [-0.39, 0.29) is 18.2 Å². The number of nitrogens with zero attached hydrogens (tertiary/aromatic N) is 1. The number of amides is 1. The van der Waals surface area contributed by atoms with E-state index >= 15 is 0 Å². The van der Waals surface area contributed by atoms with E-state index in [1.165, 1.54) is 12.8 Å². The van der Waals surface area contributed by atoms with E-state index in [0.29, 0.717) is 12.0 Å². The molecule has 146 valence electrons. The lowest BCUT2D eigenvalue weighted by Crippen LogP contribution is -2.49. The Morgan fingerprint density at radius 3 is 2.56 bits per heavy atom. The number of rotatable bonds is 5. The second-order valence-corrected chi connectivity index (χ2v) is 8.98. The molecular formula is C20H38N2O3. The molecular weight excluding hydrogens is 316 g/mol. The fourth-order valence-electron chi connectivity index (χ4n) is 4.08. The van der Waals surface area contributed by atoms with Gasteiger partial charge < -0.3 is 20.1 Å². The molecule has 5 nitrogen and oxygen atoms in total. The number of carbonyl (C=O) groups is 1. The maximum atomic E-state index is 12.5. The number of hydrogen-bond acceptors (Lipinski definition) is 4. The molecule has 0 aromatic carbocycles. The summed E-state index contributed by atoms with van der Waals surface area (Å²) in [6, 6.07) is 0.588. The van der Waals surface area contributed by atoms with Gasteiger partial charge in [-0.15, -0.1) is 0 Å². The van der Waals surface area contributed by atoms with Crippen molar-refractivity contribution in [3.63, 3.8) is 0 Å². The second-order valence-electron chi connectivity index (χ2n) is 8.98. The summed E-state index contributed by atoms with van der Waals surface area (Å²) in [6.45, 7) is 9.63. The van der Waals surface area contributed by atoms with Crippen molar-refractivity contribution in [2.24, 2.45) is 5.92 Å². The van der Waals surface area contributed by atoms with Gasteiger partial charge >= 0.3 is 6.09 Å². The fourth-order valence-corrected chi connectivity index (χ4v) is 4.08. The highest BCUT2D eigenvalue weighted by Gasteiger charge is 2.31. The third-order valence-corrected chi connectivity index (χ3v) is 5.48. The molecule has 1 amide bonds. The van der Waals surface area contributed by atoms with Crippen LogP contribution in [-0.4, -0.2) is 53.0 Å². The highest BCUT2D eigenvalue weighted by Crippen LogP contribution is 2.25. The molecule has 1 saturated carbocycles. The van der Waals surface area contributed by atoms with Crippen LogP contribution in [0.2, 0.25) is 0 Å². The van der Waals surface area contributed by atoms with Gasteiger partial charge in [0.25, 0.3) is 0 Å². The smallest absolute Gasteiger partial charge is 0.410 e. The average molecular weight is 355 g/mol. The molecule has 2 aliphatic rings. The summed E-state index contributed by atoms with van der Waals surface area (Å²) in [5.41, 5.74) is -0.444. The summed E-state index contributed by atoms with van der Waals surface area (Å²) in [7, 11) is 0. The molecule has 1 aliphatic heterocycles. The Balaban J connectivity index is 1.82. The van der Waals surface area contributed by atoms with Crippen LogP contribution < -0.4 is 5.32 Å². The van der Waals surface area contributed by atoms with E-state index in [9.17, 15) is 9.90 Å². The Labute approximate surface area is 153 Å². The lowest BCUT2D eigenvalue weighted by Gasteiger charge is -2.38. The van der Waals surface area contributed by atoms with Crippen LogP contribution in [0.25, 0.3) is 0 Å². The largest absolute Gasteiger partial charge is 0.444 e. The molecule has 2 fully saturated rings. The van der Waals surface area contributed by atoms with Crippen molar-refractivity contribution in [1.29, 1.82) is 0 Å². The Bertz CT molecular complexity index is 422. The minimum absolute atomic E-state index is 0.151. The first-order valence-electron chi connectivity index (χ1n) is 10.2. The first-order valence-corrected chi connectivity index (χ1v) is 10.2. The van der Waals surface area contributed by atoms with Gasteiger partial charge in [-0.2, -0.15) is 0 Å². The molecule has 4 unspecified atom stereocenters. The normalized spacial score (nSPS) is 29.3. The number of aliphatic hydroxyl groups is 1. The van der Waals surface area contributed by atoms with Crippen LogP contribution in [0.4, 0.5) is 4.79 Å². The Morgan fingerprint density at radius 2 is 1.88 bits per heavy atom. The van der Waals surface area contributed by atoms with E-state index in [4.69, 9.17) is 4.74 Å². The maximum Gasteiger partial charge on any atom is 0.410 e. The lowest BCUT2D eigenvalue weighted by molar-refractivity contribution is 0.00769. The topological polar surface area (TPSA) is 61.8 Å². The maximum absolute atomic E-state index is 12.5. The number of nitrogens with one attached hydrogen (secondary N) is 1. The summed E-state index contributed by atoms with van der Waals surface area (Å²) < 4.78 is 5.59. The molecule has 1 aliphatic carbocycles. The predicted molar refractivity (Wildman–Crippen MR) is 101 cm³/mol. The molecule has 5 heteroatoms. The van der Waals surface area contributed by atoms with E-state index in [1.807, 2.05) is 25.7 Å². The van der Waals surface area contributed by atoms with E-state index in [2.05, 4.69) is 12.2 Å². The van der Waals surface area contributed by atoms with Crippen molar-refractivity contribution in [3.8, 4) is 0 Å². The molecule has 0 bridgehead atoms. The zero-order valence-electron chi connectivity index (χ0n) is 16.6. The number of carbonyl (C=O) groups excluding carboxylic acids is 1. The van der Waals surface area contributed by atoms with E-state index in [1.54, 1.807) is 0 Å². The number of aliphatic hydroxyl groups excluding tert-OH is 1. The summed E-state index contributed by atoms with van der Waals surface area (Å²) >= 11 is 0. The number of piperidine rings is 1. The van der Waals surface area contributed by atoms with Gasteiger partial charge in [-0.05, 0) is 72.1 Å². The number of hydrogen-bond donors (Lipinski definition) is 2. The summed E-state index contributed by atoms with van der Waals surface area (Å²) in [5, 5.41) is 13.7. The second kappa shape index (κ2) is 9.22. The van der Waals surface area contributed by atoms with Gasteiger partial charge in [0.2, 0.25) is 0 Å². The molecule has 1 heterocycles. The first-order chi connectivity index (χ1) is 11.8. The molecule has 0 spiro atoms. The van der Waals surface area contributed by atoms with Gasteiger partial charge in [0, 0.05) is 25.2 Å². The van der Waals surface area contributed by atoms with Crippen molar-refractivity contribution in [2.75, 3.05) is 13.1 Å². The minimum atomic E-state index is -0.444. The lowest BCUT2D eigenvalue weighted by atomic mass is 9.86. The summed E-state index contributed by atoms with van der Waals surface area (Å²) in [6.07, 6.45) is 8.36. The minimum Gasteiger partial charge on any atom is -0.444 e. The highest BCUT2D eigenvalue weighted by molar-refractivity contribution is 5.68. The zero-order valence-corrected chi connectivity index (χ0v) is 16.6. The highest BCUT2D eigenvalue weighted by atomic mass is 16.6. The van der Waals surface area contributed by atoms with Gasteiger partial charge in [-0.25, -0.2) is 4.79 Å². The van der Waals surface area contributed by atoms with Gasteiger partial charge in [-0.1, -0.05) is 12.8 Å². The van der Waals surface area contributed by atoms with Crippen LogP contribution in [0.3, 0.4) is 0 Å². The van der Waals surface area contributed by atoms with Crippen LogP contribution in [0, 0.1) is 5.92 Å². The third-order valence-electron chi connectivity index (χ3n) is 5.48. The van der Waals surface area contributed by atoms with Gasteiger partial charge in [0.15, 0.2) is 0 Å². The Hall–Kier alpha value is -0.810. The molecule has 25 heavy (non-hydrogen) atoms. The van der Waals surface area contributed by atoms with Crippen molar-refractivity contribution in [2.45, 2.75) is 103 Å². The van der Waals surface area contributed by atoms with Crippen LogP contribution in [0.15, 0.2) is 0 Å². The van der Waals surface area contributed by atoms with Gasteiger partial charge in [0.05, 0.1) is 6.10 Å². The van der Waals surface area contributed by atoms with Crippen LogP contribution in [0.1, 0.15) is 79.1 Å². The summed E-state index contributed by atoms with van der Waals surface area (Å²) in [5.74, 6) is 0.379. The zero-order chi connectivity index (χ0) is 18.4. The number of likely N-dealkylation sites (tertiary alicyclic amines) is 1.